The van der Waals surface area contributed by atoms with Crippen LogP contribution in [0.2, 0.25) is 0 Å². The Hall–Kier alpha value is -1.82. The number of pyridine rings is 1. The highest BCUT2D eigenvalue weighted by molar-refractivity contribution is 5.75. The van der Waals surface area contributed by atoms with Gasteiger partial charge in [0.2, 0.25) is 0 Å². The van der Waals surface area contributed by atoms with Crippen molar-refractivity contribution in [2.24, 2.45) is 5.73 Å². The molecule has 0 aromatic carbocycles. The van der Waals surface area contributed by atoms with Crippen LogP contribution in [0.4, 0.5) is 0 Å². The highest BCUT2D eigenvalue weighted by atomic mass is 16.5. The summed E-state index contributed by atoms with van der Waals surface area (Å²) < 4.78 is 6.18. The molecule has 15 heavy (non-hydrogen) atoms. The first kappa shape index (κ1) is 11.3. The summed E-state index contributed by atoms with van der Waals surface area (Å²) in [6.07, 6.45) is 1.52. The van der Waals surface area contributed by atoms with Crippen molar-refractivity contribution in [2.45, 2.75) is 6.54 Å². The zero-order chi connectivity index (χ0) is 11.3. The number of carbonyl (C=O) groups excluding carboxylic acids is 1. The molecule has 0 spiro atoms. The molecule has 1 amide bonds. The molecule has 0 atom stereocenters. The Morgan fingerprint density at radius 3 is 2.93 bits per heavy atom. The fourth-order valence-corrected chi connectivity index (χ4v) is 1.06. The van der Waals surface area contributed by atoms with E-state index in [1.54, 1.807) is 6.07 Å². The van der Waals surface area contributed by atoms with E-state index in [4.69, 9.17) is 15.6 Å². The van der Waals surface area contributed by atoms with Crippen LogP contribution in [0.25, 0.3) is 0 Å². The second kappa shape index (κ2) is 5.16. The molecule has 0 aliphatic carbocycles. The number of nitrogens with zero attached hydrogens (tertiary/aromatic N) is 1. The van der Waals surface area contributed by atoms with Crippen molar-refractivity contribution in [2.75, 3.05) is 13.2 Å². The lowest BCUT2D eigenvalue weighted by Gasteiger charge is -2.06. The van der Waals surface area contributed by atoms with Gasteiger partial charge in [-0.25, -0.2) is 0 Å². The number of hydrogen-bond acceptors (Lipinski definition) is 4. The van der Waals surface area contributed by atoms with Gasteiger partial charge < -0.3 is 20.1 Å². The Bertz CT molecular complexity index is 399. The standard InChI is InChI=1S/C9H12N2O4/c10-8(13)6-15-7-2-1-3-11(4-5-12)9(7)14/h1-3,12H,4-6H2,(H2,10,13). The van der Waals surface area contributed by atoms with Crippen molar-refractivity contribution in [3.8, 4) is 5.75 Å². The monoisotopic (exact) mass is 212 g/mol. The SMILES string of the molecule is NC(=O)COc1cccn(CCO)c1=O. The molecular formula is C9H12N2O4. The van der Waals surface area contributed by atoms with E-state index in [9.17, 15) is 9.59 Å². The summed E-state index contributed by atoms with van der Waals surface area (Å²) >= 11 is 0. The number of aliphatic hydroxyl groups excluding tert-OH is 1. The molecule has 0 unspecified atom stereocenters. The number of primary amides is 1. The van der Waals surface area contributed by atoms with Gasteiger partial charge in [0.15, 0.2) is 12.4 Å². The lowest BCUT2D eigenvalue weighted by atomic mass is 10.4. The van der Waals surface area contributed by atoms with E-state index in [0.29, 0.717) is 0 Å². The smallest absolute Gasteiger partial charge is 0.292 e. The van der Waals surface area contributed by atoms with Crippen molar-refractivity contribution < 1.29 is 14.6 Å². The van der Waals surface area contributed by atoms with Gasteiger partial charge >= 0.3 is 0 Å². The van der Waals surface area contributed by atoms with Crippen LogP contribution in [-0.4, -0.2) is 28.8 Å². The first-order valence-corrected chi connectivity index (χ1v) is 4.36. The van der Waals surface area contributed by atoms with Gasteiger partial charge in [-0.15, -0.1) is 0 Å². The van der Waals surface area contributed by atoms with Crippen LogP contribution in [-0.2, 0) is 11.3 Å². The summed E-state index contributed by atoms with van der Waals surface area (Å²) in [6.45, 7) is -0.288. The largest absolute Gasteiger partial charge is 0.478 e. The summed E-state index contributed by atoms with van der Waals surface area (Å²) in [5.41, 5.74) is 4.48. The van der Waals surface area contributed by atoms with Gasteiger partial charge in [-0.3, -0.25) is 9.59 Å². The van der Waals surface area contributed by atoms with E-state index in [-0.39, 0.29) is 25.5 Å². The molecule has 0 saturated heterocycles. The average molecular weight is 212 g/mol. The molecule has 1 rings (SSSR count). The topological polar surface area (TPSA) is 94.6 Å². The number of aromatic nitrogens is 1. The number of amides is 1. The molecular weight excluding hydrogens is 200 g/mol. The third-order valence-electron chi connectivity index (χ3n) is 1.70. The Labute approximate surface area is 85.9 Å². The first-order valence-electron chi connectivity index (χ1n) is 4.36. The lowest BCUT2D eigenvalue weighted by molar-refractivity contribution is -0.119. The fourth-order valence-electron chi connectivity index (χ4n) is 1.06. The average Bonchev–Trinajstić information content (AvgIpc) is 2.19. The number of carbonyl (C=O) groups is 1. The first-order chi connectivity index (χ1) is 7.15. The highest BCUT2D eigenvalue weighted by Crippen LogP contribution is 2.01. The van der Waals surface area contributed by atoms with Gasteiger partial charge in [0.25, 0.3) is 11.5 Å². The minimum absolute atomic E-state index is 0.0461. The van der Waals surface area contributed by atoms with Crippen LogP contribution >= 0.6 is 0 Å². The van der Waals surface area contributed by atoms with Gasteiger partial charge in [0.1, 0.15) is 0 Å². The highest BCUT2D eigenvalue weighted by Gasteiger charge is 2.04. The Kier molecular flexibility index (Phi) is 3.87. The van der Waals surface area contributed by atoms with E-state index in [1.165, 1.54) is 16.8 Å². The summed E-state index contributed by atoms with van der Waals surface area (Å²) in [7, 11) is 0. The number of hydrogen-bond donors (Lipinski definition) is 2. The van der Waals surface area contributed by atoms with Crippen LogP contribution in [0.15, 0.2) is 23.1 Å². The molecule has 1 heterocycles. The van der Waals surface area contributed by atoms with Crippen molar-refractivity contribution >= 4 is 5.91 Å². The van der Waals surface area contributed by atoms with Crippen molar-refractivity contribution in [1.82, 2.24) is 4.57 Å². The van der Waals surface area contributed by atoms with Gasteiger partial charge in [-0.1, -0.05) is 0 Å². The van der Waals surface area contributed by atoms with E-state index in [1.807, 2.05) is 0 Å². The summed E-state index contributed by atoms with van der Waals surface area (Å²) in [5, 5.41) is 8.68. The maximum Gasteiger partial charge on any atom is 0.292 e. The summed E-state index contributed by atoms with van der Waals surface area (Å²) in [6, 6.07) is 3.03. The Morgan fingerprint density at radius 1 is 1.60 bits per heavy atom. The van der Waals surface area contributed by atoms with Gasteiger partial charge in [-0.2, -0.15) is 0 Å². The minimum Gasteiger partial charge on any atom is -0.478 e. The van der Waals surface area contributed by atoms with Crippen molar-refractivity contribution in [1.29, 1.82) is 0 Å². The summed E-state index contributed by atoms with van der Waals surface area (Å²) in [5.74, 6) is -0.600. The minimum atomic E-state index is -0.646. The predicted molar refractivity (Wildman–Crippen MR) is 52.5 cm³/mol. The molecule has 0 bridgehead atoms. The Balaban J connectivity index is 2.84. The molecule has 0 fully saturated rings. The number of ether oxygens (including phenoxy) is 1. The van der Waals surface area contributed by atoms with E-state index in [0.717, 1.165) is 0 Å². The molecule has 0 radical (unpaired) electrons. The molecule has 6 heteroatoms. The second-order valence-electron chi connectivity index (χ2n) is 2.85. The molecule has 3 N–H and O–H groups in total. The maximum atomic E-state index is 11.5. The maximum absolute atomic E-state index is 11.5. The molecule has 0 aliphatic heterocycles. The van der Waals surface area contributed by atoms with Crippen LogP contribution in [0, 0.1) is 0 Å². The molecule has 6 nitrogen and oxygen atoms in total. The van der Waals surface area contributed by atoms with E-state index >= 15 is 0 Å². The number of rotatable bonds is 5. The number of aliphatic hydroxyl groups is 1. The third kappa shape index (κ3) is 3.10. The van der Waals surface area contributed by atoms with Gasteiger partial charge in [0.05, 0.1) is 6.61 Å². The molecule has 0 aliphatic rings. The van der Waals surface area contributed by atoms with Gasteiger partial charge in [-0.05, 0) is 12.1 Å². The van der Waals surface area contributed by atoms with E-state index in [2.05, 4.69) is 0 Å². The van der Waals surface area contributed by atoms with Crippen molar-refractivity contribution in [3.63, 3.8) is 0 Å². The van der Waals surface area contributed by atoms with Crippen LogP contribution in [0.5, 0.6) is 5.75 Å². The Morgan fingerprint density at radius 2 is 2.33 bits per heavy atom. The quantitative estimate of drug-likeness (QED) is 0.634. The normalized spacial score (nSPS) is 9.93. The molecule has 0 saturated carbocycles. The molecule has 1 aromatic heterocycles. The van der Waals surface area contributed by atoms with Crippen molar-refractivity contribution in [3.05, 3.63) is 28.7 Å². The summed E-state index contributed by atoms with van der Waals surface area (Å²) in [4.78, 5) is 22.0. The van der Waals surface area contributed by atoms with Gasteiger partial charge in [0, 0.05) is 12.7 Å². The fraction of sp³-hybridized carbons (Fsp3) is 0.333. The number of nitrogens with two attached hydrogens (primary N) is 1. The van der Waals surface area contributed by atoms with Crippen LogP contribution in [0.1, 0.15) is 0 Å². The zero-order valence-corrected chi connectivity index (χ0v) is 8.05. The second-order valence-corrected chi connectivity index (χ2v) is 2.85. The lowest BCUT2D eigenvalue weighted by Crippen LogP contribution is -2.26. The third-order valence-corrected chi connectivity index (χ3v) is 1.70. The zero-order valence-electron chi connectivity index (χ0n) is 8.05. The van der Waals surface area contributed by atoms with Crippen LogP contribution in [0.3, 0.4) is 0 Å². The molecule has 82 valence electrons. The van der Waals surface area contributed by atoms with Crippen LogP contribution < -0.4 is 16.0 Å². The molecule has 1 aromatic rings. The van der Waals surface area contributed by atoms with E-state index < -0.39 is 11.5 Å². The predicted octanol–water partition coefficient (Wildman–Crippen LogP) is -1.30.